The molecule has 0 saturated heterocycles. The topological polar surface area (TPSA) is 42.2 Å². The van der Waals surface area contributed by atoms with Crippen molar-refractivity contribution in [3.05, 3.63) is 93.2 Å². The van der Waals surface area contributed by atoms with Gasteiger partial charge in [0.1, 0.15) is 12.4 Å². The van der Waals surface area contributed by atoms with Crippen molar-refractivity contribution >= 4 is 27.6 Å². The van der Waals surface area contributed by atoms with Gasteiger partial charge in [-0.05, 0) is 58.3 Å². The summed E-state index contributed by atoms with van der Waals surface area (Å²) in [5, 5.41) is 9.50. The molecule has 0 unspecified atom stereocenters. The molecule has 0 radical (unpaired) electrons. The van der Waals surface area contributed by atoms with Gasteiger partial charge in [-0.2, -0.15) is 5.26 Å². The van der Waals surface area contributed by atoms with Gasteiger partial charge >= 0.3 is 0 Å². The number of allylic oxidation sites excluding steroid dienone is 1. The van der Waals surface area contributed by atoms with Crippen molar-refractivity contribution in [3.63, 3.8) is 0 Å². The summed E-state index contributed by atoms with van der Waals surface area (Å²) in [6.45, 7) is 2.42. The molecule has 3 aromatic rings. The second kappa shape index (κ2) is 9.40. The van der Waals surface area contributed by atoms with Crippen LogP contribution in [-0.4, -0.2) is 7.11 Å². The molecule has 5 heteroatoms. The van der Waals surface area contributed by atoms with E-state index in [1.807, 2.05) is 31.2 Å². The molecular weight excluding hydrogens is 433 g/mol. The van der Waals surface area contributed by atoms with Gasteiger partial charge in [0.25, 0.3) is 0 Å². The SMILES string of the molecule is COc1cc(/C=C(/C#N)c2ccccc2F)cc(Br)c1OCc1cccc(C)c1. The highest BCUT2D eigenvalue weighted by atomic mass is 79.9. The van der Waals surface area contributed by atoms with E-state index in [1.54, 1.807) is 37.5 Å². The lowest BCUT2D eigenvalue weighted by molar-refractivity contribution is 0.282. The highest BCUT2D eigenvalue weighted by Gasteiger charge is 2.13. The molecular formula is C24H19BrFNO2. The number of aryl methyl sites for hydroxylation is 1. The minimum absolute atomic E-state index is 0.227. The number of hydrogen-bond acceptors (Lipinski definition) is 3. The van der Waals surface area contributed by atoms with Crippen molar-refractivity contribution in [1.82, 2.24) is 0 Å². The Labute approximate surface area is 178 Å². The lowest BCUT2D eigenvalue weighted by Crippen LogP contribution is -1.99. The fourth-order valence-electron chi connectivity index (χ4n) is 2.94. The minimum atomic E-state index is -0.440. The third kappa shape index (κ3) is 5.04. The van der Waals surface area contributed by atoms with Crippen LogP contribution in [0, 0.1) is 24.1 Å². The van der Waals surface area contributed by atoms with Crippen LogP contribution in [0.5, 0.6) is 11.5 Å². The van der Waals surface area contributed by atoms with Gasteiger partial charge in [0, 0.05) is 5.56 Å². The first-order valence-electron chi connectivity index (χ1n) is 8.94. The number of ether oxygens (including phenoxy) is 2. The maximum absolute atomic E-state index is 14.1. The zero-order valence-corrected chi connectivity index (χ0v) is 17.7. The molecule has 0 aromatic heterocycles. The van der Waals surface area contributed by atoms with Gasteiger partial charge in [0.2, 0.25) is 0 Å². The number of methoxy groups -OCH3 is 1. The van der Waals surface area contributed by atoms with Gasteiger partial charge in [0.15, 0.2) is 11.5 Å². The van der Waals surface area contributed by atoms with Crippen LogP contribution < -0.4 is 9.47 Å². The molecule has 0 spiro atoms. The minimum Gasteiger partial charge on any atom is -0.493 e. The Morgan fingerprint density at radius 2 is 1.93 bits per heavy atom. The molecule has 0 heterocycles. The number of nitrogens with zero attached hydrogens (tertiary/aromatic N) is 1. The van der Waals surface area contributed by atoms with Crippen LogP contribution in [-0.2, 0) is 6.61 Å². The van der Waals surface area contributed by atoms with Crippen molar-refractivity contribution in [3.8, 4) is 17.6 Å². The quantitative estimate of drug-likeness (QED) is 0.315. The van der Waals surface area contributed by atoms with Gasteiger partial charge < -0.3 is 9.47 Å². The Morgan fingerprint density at radius 1 is 1.14 bits per heavy atom. The third-order valence-electron chi connectivity index (χ3n) is 4.31. The Bertz CT molecular complexity index is 1100. The summed E-state index contributed by atoms with van der Waals surface area (Å²) in [4.78, 5) is 0. The van der Waals surface area contributed by atoms with Crippen LogP contribution in [0.4, 0.5) is 4.39 Å². The maximum atomic E-state index is 14.1. The molecule has 3 aromatic carbocycles. The number of nitriles is 1. The predicted molar refractivity (Wildman–Crippen MR) is 116 cm³/mol. The van der Waals surface area contributed by atoms with Crippen molar-refractivity contribution in [2.24, 2.45) is 0 Å². The first-order chi connectivity index (χ1) is 14.0. The first kappa shape index (κ1) is 20.6. The lowest BCUT2D eigenvalue weighted by atomic mass is 10.0. The predicted octanol–water partition coefficient (Wildman–Crippen LogP) is 6.55. The maximum Gasteiger partial charge on any atom is 0.175 e. The van der Waals surface area contributed by atoms with Gasteiger partial charge in [-0.15, -0.1) is 0 Å². The molecule has 29 heavy (non-hydrogen) atoms. The van der Waals surface area contributed by atoms with Gasteiger partial charge in [-0.1, -0.05) is 48.0 Å². The summed E-state index contributed by atoms with van der Waals surface area (Å²) in [7, 11) is 1.55. The van der Waals surface area contributed by atoms with E-state index in [9.17, 15) is 9.65 Å². The Morgan fingerprint density at radius 3 is 2.62 bits per heavy atom. The normalized spacial score (nSPS) is 11.1. The van der Waals surface area contributed by atoms with Gasteiger partial charge in [0.05, 0.1) is 23.2 Å². The van der Waals surface area contributed by atoms with Crippen LogP contribution >= 0.6 is 15.9 Å². The summed E-state index contributed by atoms with van der Waals surface area (Å²) in [5.74, 6) is 0.643. The van der Waals surface area contributed by atoms with Crippen LogP contribution in [0.3, 0.4) is 0 Å². The van der Waals surface area contributed by atoms with Crippen LogP contribution in [0.1, 0.15) is 22.3 Å². The van der Waals surface area contributed by atoms with E-state index in [2.05, 4.69) is 28.1 Å². The number of halogens is 2. The molecule has 3 rings (SSSR count). The smallest absolute Gasteiger partial charge is 0.175 e. The Hall–Kier alpha value is -3.10. The third-order valence-corrected chi connectivity index (χ3v) is 4.90. The van der Waals surface area contributed by atoms with Crippen molar-refractivity contribution in [2.45, 2.75) is 13.5 Å². The fraction of sp³-hybridized carbons (Fsp3) is 0.125. The van der Waals surface area contributed by atoms with E-state index in [-0.39, 0.29) is 11.1 Å². The van der Waals surface area contributed by atoms with Gasteiger partial charge in [-0.25, -0.2) is 4.39 Å². The van der Waals surface area contributed by atoms with Crippen LogP contribution in [0.25, 0.3) is 11.6 Å². The molecule has 3 nitrogen and oxygen atoms in total. The number of benzene rings is 3. The molecule has 0 saturated carbocycles. The molecule has 146 valence electrons. The van der Waals surface area contributed by atoms with Crippen molar-refractivity contribution in [1.29, 1.82) is 5.26 Å². The Kier molecular flexibility index (Phi) is 6.69. The fourth-order valence-corrected chi connectivity index (χ4v) is 3.51. The zero-order valence-electron chi connectivity index (χ0n) is 16.1. The number of hydrogen-bond donors (Lipinski definition) is 0. The summed E-state index contributed by atoms with van der Waals surface area (Å²) in [6.07, 6.45) is 1.62. The number of rotatable bonds is 6. The summed E-state index contributed by atoms with van der Waals surface area (Å²) >= 11 is 3.52. The highest BCUT2D eigenvalue weighted by molar-refractivity contribution is 9.10. The van der Waals surface area contributed by atoms with Gasteiger partial charge in [-0.3, -0.25) is 0 Å². The van der Waals surface area contributed by atoms with Crippen LogP contribution in [0.15, 0.2) is 65.1 Å². The monoisotopic (exact) mass is 451 g/mol. The molecule has 0 atom stereocenters. The largest absolute Gasteiger partial charge is 0.493 e. The average molecular weight is 452 g/mol. The van der Waals surface area contributed by atoms with E-state index in [0.717, 1.165) is 11.1 Å². The summed E-state index contributed by atoms with van der Waals surface area (Å²) in [6, 6.07) is 19.9. The second-order valence-electron chi connectivity index (χ2n) is 6.46. The summed E-state index contributed by atoms with van der Waals surface area (Å²) < 4.78 is 26.2. The average Bonchev–Trinajstić information content (AvgIpc) is 2.71. The van der Waals surface area contributed by atoms with E-state index in [1.165, 1.54) is 6.07 Å². The van der Waals surface area contributed by atoms with Crippen LogP contribution in [0.2, 0.25) is 0 Å². The molecule has 0 fully saturated rings. The van der Waals surface area contributed by atoms with E-state index >= 15 is 0 Å². The first-order valence-corrected chi connectivity index (χ1v) is 9.73. The standard InChI is InChI=1S/C24H19BrFNO2/c1-16-6-5-7-17(10-16)15-29-24-21(25)12-18(13-23(24)28-2)11-19(14-27)20-8-3-4-9-22(20)26/h3-13H,15H2,1-2H3/b19-11-. The zero-order chi connectivity index (χ0) is 20.8. The second-order valence-corrected chi connectivity index (χ2v) is 7.32. The molecule has 0 aliphatic rings. The molecule has 0 N–H and O–H groups in total. The van der Waals surface area contributed by atoms with E-state index in [4.69, 9.17) is 9.47 Å². The van der Waals surface area contributed by atoms with E-state index in [0.29, 0.717) is 28.1 Å². The molecule has 0 amide bonds. The molecule has 0 bridgehead atoms. The lowest BCUT2D eigenvalue weighted by Gasteiger charge is -2.14. The summed E-state index contributed by atoms with van der Waals surface area (Å²) in [5.41, 5.74) is 3.39. The molecule has 0 aliphatic carbocycles. The van der Waals surface area contributed by atoms with Crippen molar-refractivity contribution < 1.29 is 13.9 Å². The highest BCUT2D eigenvalue weighted by Crippen LogP contribution is 2.38. The Balaban J connectivity index is 1.92. The van der Waals surface area contributed by atoms with E-state index < -0.39 is 5.82 Å². The molecule has 0 aliphatic heterocycles. The van der Waals surface area contributed by atoms with Crippen molar-refractivity contribution in [2.75, 3.05) is 7.11 Å².